The molecule has 1 heterocycles. The first-order valence-electron chi connectivity index (χ1n) is 6.19. The fourth-order valence-electron chi connectivity index (χ4n) is 2.72. The molecule has 0 aromatic carbocycles. The van der Waals surface area contributed by atoms with Crippen LogP contribution < -0.4 is 5.73 Å². The lowest BCUT2D eigenvalue weighted by molar-refractivity contribution is -0.148. The molecule has 4 nitrogen and oxygen atoms in total. The topological polar surface area (TPSA) is 55.6 Å². The molecule has 2 N–H and O–H groups in total. The van der Waals surface area contributed by atoms with Crippen LogP contribution >= 0.6 is 0 Å². The van der Waals surface area contributed by atoms with Crippen molar-refractivity contribution in [1.82, 2.24) is 4.90 Å². The Morgan fingerprint density at radius 1 is 1.44 bits per heavy atom. The van der Waals surface area contributed by atoms with Gasteiger partial charge in [0.05, 0.1) is 13.0 Å². The van der Waals surface area contributed by atoms with Gasteiger partial charge in [0.1, 0.15) is 0 Å². The standard InChI is InChI=1S/C12H22N2O2/c1-8(9-3-4-9)14-6-10(12(15)16-2)5-11(13)7-14/h8-11H,3-7,13H2,1-2H3. The summed E-state index contributed by atoms with van der Waals surface area (Å²) in [6, 6.07) is 0.678. The molecule has 2 fully saturated rings. The van der Waals surface area contributed by atoms with Crippen molar-refractivity contribution < 1.29 is 9.53 Å². The largest absolute Gasteiger partial charge is 0.469 e. The zero-order chi connectivity index (χ0) is 11.7. The van der Waals surface area contributed by atoms with Gasteiger partial charge in [0.15, 0.2) is 0 Å². The van der Waals surface area contributed by atoms with E-state index in [0.29, 0.717) is 6.04 Å². The first kappa shape index (κ1) is 11.9. The van der Waals surface area contributed by atoms with E-state index in [9.17, 15) is 4.79 Å². The number of methoxy groups -OCH3 is 1. The number of ether oxygens (including phenoxy) is 1. The first-order chi connectivity index (χ1) is 7.61. The molecular weight excluding hydrogens is 204 g/mol. The third-order valence-electron chi connectivity index (χ3n) is 3.93. The van der Waals surface area contributed by atoms with E-state index < -0.39 is 0 Å². The van der Waals surface area contributed by atoms with Crippen LogP contribution in [0.5, 0.6) is 0 Å². The van der Waals surface area contributed by atoms with Crippen LogP contribution in [0, 0.1) is 11.8 Å². The third-order valence-corrected chi connectivity index (χ3v) is 3.93. The normalized spacial score (nSPS) is 33.4. The maximum Gasteiger partial charge on any atom is 0.310 e. The minimum absolute atomic E-state index is 0.0325. The maximum absolute atomic E-state index is 11.6. The van der Waals surface area contributed by atoms with Gasteiger partial charge in [0.2, 0.25) is 0 Å². The van der Waals surface area contributed by atoms with Crippen molar-refractivity contribution in [2.75, 3.05) is 20.2 Å². The van der Waals surface area contributed by atoms with Gasteiger partial charge in [-0.25, -0.2) is 0 Å². The molecule has 0 aromatic heterocycles. The summed E-state index contributed by atoms with van der Waals surface area (Å²) in [4.78, 5) is 13.9. The first-order valence-corrected chi connectivity index (χ1v) is 6.19. The number of esters is 1. The van der Waals surface area contributed by atoms with Crippen LogP contribution in [0.15, 0.2) is 0 Å². The summed E-state index contributed by atoms with van der Waals surface area (Å²) >= 11 is 0. The van der Waals surface area contributed by atoms with E-state index >= 15 is 0 Å². The highest BCUT2D eigenvalue weighted by Crippen LogP contribution is 2.36. The molecule has 0 amide bonds. The molecule has 4 heteroatoms. The van der Waals surface area contributed by atoms with Gasteiger partial charge in [-0.3, -0.25) is 9.69 Å². The van der Waals surface area contributed by atoms with E-state index in [1.807, 2.05) is 0 Å². The quantitative estimate of drug-likeness (QED) is 0.716. The lowest BCUT2D eigenvalue weighted by atomic mass is 9.93. The minimum atomic E-state index is -0.108. The van der Waals surface area contributed by atoms with Crippen molar-refractivity contribution >= 4 is 5.97 Å². The van der Waals surface area contributed by atoms with Crippen LogP contribution in [0.4, 0.5) is 0 Å². The molecule has 2 rings (SSSR count). The van der Waals surface area contributed by atoms with Crippen LogP contribution in [0.2, 0.25) is 0 Å². The van der Waals surface area contributed by atoms with E-state index in [-0.39, 0.29) is 17.9 Å². The van der Waals surface area contributed by atoms with E-state index in [1.54, 1.807) is 0 Å². The molecule has 0 aromatic rings. The fourth-order valence-corrected chi connectivity index (χ4v) is 2.72. The summed E-state index contributed by atoms with van der Waals surface area (Å²) in [6.45, 7) is 3.99. The molecule has 3 unspecified atom stereocenters. The Morgan fingerprint density at radius 2 is 2.12 bits per heavy atom. The van der Waals surface area contributed by atoms with Crippen LogP contribution in [0.3, 0.4) is 0 Å². The van der Waals surface area contributed by atoms with Gasteiger partial charge in [0, 0.05) is 25.2 Å². The number of piperidine rings is 1. The van der Waals surface area contributed by atoms with E-state index in [4.69, 9.17) is 10.5 Å². The molecule has 16 heavy (non-hydrogen) atoms. The van der Waals surface area contributed by atoms with Gasteiger partial charge < -0.3 is 10.5 Å². The Balaban J connectivity index is 1.95. The smallest absolute Gasteiger partial charge is 0.310 e. The summed E-state index contributed by atoms with van der Waals surface area (Å²) in [7, 11) is 1.46. The highest BCUT2D eigenvalue weighted by Gasteiger charge is 2.37. The van der Waals surface area contributed by atoms with Gasteiger partial charge in [-0.15, -0.1) is 0 Å². The minimum Gasteiger partial charge on any atom is -0.469 e. The SMILES string of the molecule is COC(=O)C1CC(N)CN(C(C)C2CC2)C1. The highest BCUT2D eigenvalue weighted by atomic mass is 16.5. The number of likely N-dealkylation sites (tertiary alicyclic amines) is 1. The fraction of sp³-hybridized carbons (Fsp3) is 0.917. The lowest BCUT2D eigenvalue weighted by Gasteiger charge is -2.38. The molecule has 1 aliphatic carbocycles. The molecule has 3 atom stereocenters. The van der Waals surface area contributed by atoms with Crippen LogP contribution in [0.1, 0.15) is 26.2 Å². The predicted molar refractivity (Wildman–Crippen MR) is 61.9 cm³/mol. The second-order valence-electron chi connectivity index (χ2n) is 5.25. The summed E-state index contributed by atoms with van der Waals surface area (Å²) in [6.07, 6.45) is 3.42. The number of hydrogen-bond acceptors (Lipinski definition) is 4. The summed E-state index contributed by atoms with van der Waals surface area (Å²) in [5, 5.41) is 0. The molecule has 0 spiro atoms. The number of carbonyl (C=O) groups is 1. The second kappa shape index (κ2) is 4.72. The van der Waals surface area contributed by atoms with Gasteiger partial charge in [-0.1, -0.05) is 0 Å². The monoisotopic (exact) mass is 226 g/mol. The maximum atomic E-state index is 11.6. The zero-order valence-corrected chi connectivity index (χ0v) is 10.2. The highest BCUT2D eigenvalue weighted by molar-refractivity contribution is 5.72. The van der Waals surface area contributed by atoms with Crippen molar-refractivity contribution in [3.05, 3.63) is 0 Å². The third kappa shape index (κ3) is 2.55. The summed E-state index contributed by atoms with van der Waals surface area (Å²) in [5.74, 6) is 0.682. The Kier molecular flexibility index (Phi) is 3.50. The Labute approximate surface area is 97.1 Å². The Bertz CT molecular complexity index is 266. The summed E-state index contributed by atoms with van der Waals surface area (Å²) < 4.78 is 4.82. The average Bonchev–Trinajstić information content (AvgIpc) is 3.10. The molecule has 0 radical (unpaired) electrons. The molecular formula is C12H22N2O2. The van der Waals surface area contributed by atoms with Crippen molar-refractivity contribution in [2.24, 2.45) is 17.6 Å². The predicted octanol–water partition coefficient (Wildman–Crippen LogP) is 0.607. The van der Waals surface area contributed by atoms with Crippen molar-refractivity contribution in [3.8, 4) is 0 Å². The van der Waals surface area contributed by atoms with Gasteiger partial charge in [0.25, 0.3) is 0 Å². The molecule has 1 aliphatic heterocycles. The van der Waals surface area contributed by atoms with Crippen LogP contribution in [-0.4, -0.2) is 43.2 Å². The van der Waals surface area contributed by atoms with Gasteiger partial charge in [-0.2, -0.15) is 0 Å². The van der Waals surface area contributed by atoms with E-state index in [0.717, 1.165) is 25.4 Å². The number of rotatable bonds is 3. The number of nitrogens with two attached hydrogens (primary N) is 1. The summed E-state index contributed by atoms with van der Waals surface area (Å²) in [5.41, 5.74) is 6.02. The van der Waals surface area contributed by atoms with Gasteiger partial charge >= 0.3 is 5.97 Å². The Morgan fingerprint density at radius 3 is 2.69 bits per heavy atom. The molecule has 2 aliphatic rings. The molecule has 1 saturated heterocycles. The van der Waals surface area contributed by atoms with Crippen LogP contribution in [0.25, 0.3) is 0 Å². The van der Waals surface area contributed by atoms with E-state index in [1.165, 1.54) is 20.0 Å². The number of carbonyl (C=O) groups excluding carboxylic acids is 1. The van der Waals surface area contributed by atoms with E-state index in [2.05, 4.69) is 11.8 Å². The van der Waals surface area contributed by atoms with Crippen molar-refractivity contribution in [3.63, 3.8) is 0 Å². The number of hydrogen-bond donors (Lipinski definition) is 1. The Hall–Kier alpha value is -0.610. The molecule has 1 saturated carbocycles. The van der Waals surface area contributed by atoms with Gasteiger partial charge in [-0.05, 0) is 32.1 Å². The molecule has 92 valence electrons. The van der Waals surface area contributed by atoms with Crippen LogP contribution in [-0.2, 0) is 9.53 Å². The van der Waals surface area contributed by atoms with Crippen molar-refractivity contribution in [1.29, 1.82) is 0 Å². The zero-order valence-electron chi connectivity index (χ0n) is 10.2. The number of nitrogens with zero attached hydrogens (tertiary/aromatic N) is 1. The lowest BCUT2D eigenvalue weighted by Crippen LogP contribution is -2.52. The average molecular weight is 226 g/mol. The molecule has 0 bridgehead atoms. The second-order valence-corrected chi connectivity index (χ2v) is 5.25. The van der Waals surface area contributed by atoms with Crippen molar-refractivity contribution in [2.45, 2.75) is 38.3 Å².